The van der Waals surface area contributed by atoms with Gasteiger partial charge in [0.1, 0.15) is 0 Å². The summed E-state index contributed by atoms with van der Waals surface area (Å²) >= 11 is 0. The second-order valence-electron chi connectivity index (χ2n) is 6.28. The van der Waals surface area contributed by atoms with Crippen molar-refractivity contribution < 1.29 is 0 Å². The number of benzene rings is 1. The van der Waals surface area contributed by atoms with E-state index < -0.39 is 0 Å². The van der Waals surface area contributed by atoms with E-state index in [1.807, 2.05) is 0 Å². The number of nitrogens with two attached hydrogens (primary N) is 1. The zero-order valence-electron chi connectivity index (χ0n) is 12.4. The average Bonchev–Trinajstić information content (AvgIpc) is 2.29. The molecule has 0 aromatic heterocycles. The van der Waals surface area contributed by atoms with Crippen LogP contribution in [0.2, 0.25) is 0 Å². The fourth-order valence-electron chi connectivity index (χ4n) is 1.88. The number of aryl methyl sites for hydroxylation is 1. The summed E-state index contributed by atoms with van der Waals surface area (Å²) in [6.07, 6.45) is 2.25. The Morgan fingerprint density at radius 1 is 1.06 bits per heavy atom. The lowest BCUT2D eigenvalue weighted by molar-refractivity contribution is 0.378. The Balaban J connectivity index is 2.68. The second-order valence-corrected chi connectivity index (χ2v) is 6.28. The van der Waals surface area contributed by atoms with Crippen LogP contribution in [-0.2, 0) is 0 Å². The van der Waals surface area contributed by atoms with E-state index in [9.17, 15) is 0 Å². The van der Waals surface area contributed by atoms with Crippen molar-refractivity contribution in [1.82, 2.24) is 0 Å². The molecule has 0 bridgehead atoms. The first kappa shape index (κ1) is 15.0. The molecule has 2 N–H and O–H groups in total. The van der Waals surface area contributed by atoms with E-state index in [2.05, 4.69) is 56.9 Å². The molecule has 2 heteroatoms. The molecule has 0 fully saturated rings. The van der Waals surface area contributed by atoms with Crippen LogP contribution in [0.5, 0.6) is 0 Å². The summed E-state index contributed by atoms with van der Waals surface area (Å²) < 4.78 is 0. The molecule has 1 aromatic rings. The third-order valence-electron chi connectivity index (χ3n) is 3.16. The summed E-state index contributed by atoms with van der Waals surface area (Å²) in [5.41, 5.74) is 8.65. The smallest absolute Gasteiger partial charge is 0.0366 e. The van der Waals surface area contributed by atoms with E-state index in [1.165, 1.54) is 17.7 Å². The Kier molecular flexibility index (Phi) is 5.67. The van der Waals surface area contributed by atoms with Gasteiger partial charge in [-0.05, 0) is 43.9 Å². The summed E-state index contributed by atoms with van der Waals surface area (Å²) in [7, 11) is 0. The topological polar surface area (TPSA) is 29.3 Å². The fourth-order valence-corrected chi connectivity index (χ4v) is 1.88. The predicted molar refractivity (Wildman–Crippen MR) is 81.1 cm³/mol. The van der Waals surface area contributed by atoms with Gasteiger partial charge in [0, 0.05) is 18.8 Å². The summed E-state index contributed by atoms with van der Waals surface area (Å²) in [5, 5.41) is 0. The van der Waals surface area contributed by atoms with Crippen molar-refractivity contribution in [3.8, 4) is 0 Å². The van der Waals surface area contributed by atoms with Crippen LogP contribution in [0.15, 0.2) is 24.3 Å². The first-order chi connectivity index (χ1) is 8.42. The Bertz CT molecular complexity index is 335. The molecule has 1 aromatic carbocycles. The van der Waals surface area contributed by atoms with Crippen molar-refractivity contribution in [2.45, 2.75) is 40.5 Å². The maximum absolute atomic E-state index is 5.63. The first-order valence-corrected chi connectivity index (χ1v) is 6.94. The molecule has 0 saturated heterocycles. The van der Waals surface area contributed by atoms with Gasteiger partial charge in [-0.15, -0.1) is 0 Å². The van der Waals surface area contributed by atoms with E-state index in [0.29, 0.717) is 5.41 Å². The molecule has 0 aliphatic rings. The minimum atomic E-state index is 0.381. The van der Waals surface area contributed by atoms with Gasteiger partial charge in [0.15, 0.2) is 0 Å². The lowest BCUT2D eigenvalue weighted by atomic mass is 9.92. The number of rotatable bonds is 6. The summed E-state index contributed by atoms with van der Waals surface area (Å²) in [6.45, 7) is 11.9. The second kappa shape index (κ2) is 6.79. The fraction of sp³-hybridized carbons (Fsp3) is 0.625. The largest absolute Gasteiger partial charge is 0.371 e. The van der Waals surface area contributed by atoms with Gasteiger partial charge in [-0.3, -0.25) is 0 Å². The standard InChI is InChI=1S/C16H28N2/c1-14-6-8-15(9-7-14)18(12-5-11-17)13-10-16(2,3)4/h6-9H,5,10-13,17H2,1-4H3. The van der Waals surface area contributed by atoms with Gasteiger partial charge in [0.25, 0.3) is 0 Å². The minimum absolute atomic E-state index is 0.381. The van der Waals surface area contributed by atoms with Crippen molar-refractivity contribution >= 4 is 5.69 Å². The Morgan fingerprint density at radius 2 is 1.67 bits per heavy atom. The molecule has 0 saturated carbocycles. The van der Waals surface area contributed by atoms with Crippen LogP contribution in [-0.4, -0.2) is 19.6 Å². The van der Waals surface area contributed by atoms with E-state index in [1.54, 1.807) is 0 Å². The molecule has 2 nitrogen and oxygen atoms in total. The predicted octanol–water partition coefficient (Wildman–Crippen LogP) is 3.59. The zero-order valence-corrected chi connectivity index (χ0v) is 12.4. The number of hydrogen-bond acceptors (Lipinski definition) is 2. The van der Waals surface area contributed by atoms with E-state index in [4.69, 9.17) is 5.73 Å². The van der Waals surface area contributed by atoms with Gasteiger partial charge in [-0.2, -0.15) is 0 Å². The van der Waals surface area contributed by atoms with Gasteiger partial charge >= 0.3 is 0 Å². The normalized spacial score (nSPS) is 11.6. The van der Waals surface area contributed by atoms with Crippen LogP contribution in [0, 0.1) is 12.3 Å². The lowest BCUT2D eigenvalue weighted by Gasteiger charge is -2.28. The molecular formula is C16H28N2. The SMILES string of the molecule is Cc1ccc(N(CCCN)CCC(C)(C)C)cc1. The van der Waals surface area contributed by atoms with E-state index in [0.717, 1.165) is 26.1 Å². The minimum Gasteiger partial charge on any atom is -0.371 e. The highest BCUT2D eigenvalue weighted by molar-refractivity contribution is 5.47. The molecule has 0 heterocycles. The van der Waals surface area contributed by atoms with E-state index >= 15 is 0 Å². The van der Waals surface area contributed by atoms with Gasteiger partial charge in [-0.1, -0.05) is 38.5 Å². The summed E-state index contributed by atoms with van der Waals surface area (Å²) in [6, 6.07) is 8.80. The first-order valence-electron chi connectivity index (χ1n) is 6.94. The number of anilines is 1. The maximum Gasteiger partial charge on any atom is 0.0366 e. The van der Waals surface area contributed by atoms with Crippen LogP contribution in [0.4, 0.5) is 5.69 Å². The molecule has 0 unspecified atom stereocenters. The molecule has 102 valence electrons. The lowest BCUT2D eigenvalue weighted by Crippen LogP contribution is -2.29. The van der Waals surface area contributed by atoms with Gasteiger partial charge in [0.2, 0.25) is 0 Å². The van der Waals surface area contributed by atoms with Crippen LogP contribution in [0.3, 0.4) is 0 Å². The molecule has 1 rings (SSSR count). The summed E-state index contributed by atoms with van der Waals surface area (Å²) in [5.74, 6) is 0. The molecule has 0 aliphatic heterocycles. The molecule has 18 heavy (non-hydrogen) atoms. The quantitative estimate of drug-likeness (QED) is 0.833. The van der Waals surface area contributed by atoms with Crippen LogP contribution in [0.25, 0.3) is 0 Å². The van der Waals surface area contributed by atoms with Crippen molar-refractivity contribution in [3.63, 3.8) is 0 Å². The maximum atomic E-state index is 5.63. The average molecular weight is 248 g/mol. The number of hydrogen-bond donors (Lipinski definition) is 1. The van der Waals surface area contributed by atoms with Gasteiger partial charge in [-0.25, -0.2) is 0 Å². The van der Waals surface area contributed by atoms with Crippen LogP contribution >= 0.6 is 0 Å². The van der Waals surface area contributed by atoms with Crippen LogP contribution in [0.1, 0.15) is 39.2 Å². The third-order valence-corrected chi connectivity index (χ3v) is 3.16. The van der Waals surface area contributed by atoms with E-state index in [-0.39, 0.29) is 0 Å². The van der Waals surface area contributed by atoms with Crippen molar-refractivity contribution in [2.75, 3.05) is 24.5 Å². The number of nitrogens with zero attached hydrogens (tertiary/aromatic N) is 1. The molecular weight excluding hydrogens is 220 g/mol. The monoisotopic (exact) mass is 248 g/mol. The Labute approximate surface area is 112 Å². The Hall–Kier alpha value is -1.02. The van der Waals surface area contributed by atoms with Crippen molar-refractivity contribution in [3.05, 3.63) is 29.8 Å². The molecule has 0 amide bonds. The van der Waals surface area contributed by atoms with Crippen molar-refractivity contribution in [2.24, 2.45) is 11.1 Å². The highest BCUT2D eigenvalue weighted by Crippen LogP contribution is 2.22. The molecule has 0 atom stereocenters. The molecule has 0 spiro atoms. The highest BCUT2D eigenvalue weighted by atomic mass is 15.1. The zero-order chi connectivity index (χ0) is 13.6. The molecule has 0 radical (unpaired) electrons. The molecule has 0 aliphatic carbocycles. The van der Waals surface area contributed by atoms with Crippen molar-refractivity contribution in [1.29, 1.82) is 0 Å². The van der Waals surface area contributed by atoms with Gasteiger partial charge < -0.3 is 10.6 Å². The van der Waals surface area contributed by atoms with Crippen LogP contribution < -0.4 is 10.6 Å². The van der Waals surface area contributed by atoms with Gasteiger partial charge in [0.05, 0.1) is 0 Å². The Morgan fingerprint density at radius 3 is 2.17 bits per heavy atom. The summed E-state index contributed by atoms with van der Waals surface area (Å²) in [4.78, 5) is 2.46. The highest BCUT2D eigenvalue weighted by Gasteiger charge is 2.13. The third kappa shape index (κ3) is 5.54.